The first kappa shape index (κ1) is 26.2. The molecule has 1 heterocycles. The van der Waals surface area contributed by atoms with Gasteiger partial charge in [-0.15, -0.1) is 0 Å². The lowest BCUT2D eigenvalue weighted by Crippen LogP contribution is -2.25. The minimum Gasteiger partial charge on any atom is -0.489 e. The molecule has 1 aliphatic heterocycles. The molecule has 3 N–H and O–H groups in total. The number of aliphatic hydroxyl groups is 1. The van der Waals surface area contributed by atoms with E-state index in [1.807, 2.05) is 36.4 Å². The standard InChI is InChI=1S/C32H36FNO4/c1-32(2)13-4-3-8-28(32)26-14-20(9-12-24(26)27-16-30(35)34-18-29(27)33)19-38-23-7-5-6-22(15-23)25(17-31(36)37)21-10-11-21/h5-9,12,14-16,18,21,25,30,34-35H,3-4,10-11,13,17,19H2,1-2H3,(H,36,37)/t25-,30-/m1/s1. The maximum absolute atomic E-state index is 14.9. The number of hydrogen-bond donors (Lipinski definition) is 3. The molecule has 2 aromatic rings. The van der Waals surface area contributed by atoms with Gasteiger partial charge in [-0.2, -0.15) is 0 Å². The molecule has 200 valence electrons. The number of rotatable bonds is 9. The fraction of sp³-hybridized carbons (Fsp3) is 0.406. The summed E-state index contributed by atoms with van der Waals surface area (Å²) in [7, 11) is 0. The van der Waals surface area contributed by atoms with Gasteiger partial charge in [-0.05, 0) is 101 Å². The van der Waals surface area contributed by atoms with Gasteiger partial charge in [-0.1, -0.05) is 44.2 Å². The summed E-state index contributed by atoms with van der Waals surface area (Å²) in [5.41, 5.74) is 5.20. The number of carboxylic acid groups (broad SMARTS) is 1. The van der Waals surface area contributed by atoms with E-state index in [1.165, 1.54) is 17.8 Å². The Bertz CT molecular complexity index is 1300. The first-order chi connectivity index (χ1) is 18.2. The number of benzene rings is 2. The van der Waals surface area contributed by atoms with Crippen LogP contribution in [0, 0.1) is 11.3 Å². The van der Waals surface area contributed by atoms with Gasteiger partial charge >= 0.3 is 5.97 Å². The van der Waals surface area contributed by atoms with E-state index in [-0.39, 0.29) is 17.8 Å². The van der Waals surface area contributed by atoms with E-state index in [1.54, 1.807) is 0 Å². The molecule has 1 saturated carbocycles. The van der Waals surface area contributed by atoms with Crippen molar-refractivity contribution in [2.75, 3.05) is 0 Å². The molecule has 1 fully saturated rings. The fourth-order valence-corrected chi connectivity index (χ4v) is 5.80. The van der Waals surface area contributed by atoms with Gasteiger partial charge in [0.2, 0.25) is 0 Å². The molecule has 3 aliphatic rings. The number of aliphatic hydroxyl groups excluding tert-OH is 1. The van der Waals surface area contributed by atoms with Crippen molar-refractivity contribution in [2.24, 2.45) is 11.3 Å². The molecule has 2 aromatic carbocycles. The zero-order valence-corrected chi connectivity index (χ0v) is 22.0. The van der Waals surface area contributed by atoms with Crippen LogP contribution in [0.2, 0.25) is 0 Å². The molecule has 0 aromatic heterocycles. The lowest BCUT2D eigenvalue weighted by atomic mass is 9.71. The Morgan fingerprint density at radius 2 is 2.00 bits per heavy atom. The van der Waals surface area contributed by atoms with Gasteiger partial charge in [0.1, 0.15) is 24.4 Å². The first-order valence-corrected chi connectivity index (χ1v) is 13.5. The number of hydrogen-bond acceptors (Lipinski definition) is 4. The van der Waals surface area contributed by atoms with Crippen LogP contribution in [0.4, 0.5) is 4.39 Å². The van der Waals surface area contributed by atoms with Gasteiger partial charge in [-0.3, -0.25) is 4.79 Å². The van der Waals surface area contributed by atoms with Crippen LogP contribution in [-0.4, -0.2) is 22.4 Å². The fourth-order valence-electron chi connectivity index (χ4n) is 5.80. The second kappa shape index (κ2) is 10.8. The van der Waals surface area contributed by atoms with E-state index >= 15 is 0 Å². The minimum atomic E-state index is -0.943. The third-order valence-electron chi connectivity index (χ3n) is 7.99. The van der Waals surface area contributed by atoms with Gasteiger partial charge in [0.15, 0.2) is 0 Å². The molecule has 0 spiro atoms. The second-order valence-corrected chi connectivity index (χ2v) is 11.4. The Hall–Kier alpha value is -3.38. The number of carbonyl (C=O) groups is 1. The van der Waals surface area contributed by atoms with E-state index in [9.17, 15) is 19.4 Å². The molecule has 0 saturated heterocycles. The van der Waals surface area contributed by atoms with Crippen molar-refractivity contribution in [3.63, 3.8) is 0 Å². The number of ether oxygens (including phenoxy) is 1. The van der Waals surface area contributed by atoms with Gasteiger partial charge in [0, 0.05) is 11.8 Å². The maximum atomic E-state index is 14.9. The minimum absolute atomic E-state index is 0.0129. The monoisotopic (exact) mass is 517 g/mol. The van der Waals surface area contributed by atoms with Crippen LogP contribution in [0.15, 0.2) is 66.6 Å². The van der Waals surface area contributed by atoms with Gasteiger partial charge in [0.25, 0.3) is 0 Å². The van der Waals surface area contributed by atoms with Crippen LogP contribution in [-0.2, 0) is 11.4 Å². The maximum Gasteiger partial charge on any atom is 0.303 e. The number of carboxylic acids is 1. The molecule has 6 heteroatoms. The number of nitrogens with one attached hydrogen (secondary N) is 1. The molecule has 0 amide bonds. The largest absolute Gasteiger partial charge is 0.489 e. The lowest BCUT2D eigenvalue weighted by Gasteiger charge is -2.34. The van der Waals surface area contributed by atoms with Crippen LogP contribution >= 0.6 is 0 Å². The molecule has 0 radical (unpaired) electrons. The molecular weight excluding hydrogens is 481 g/mol. The third-order valence-corrected chi connectivity index (χ3v) is 7.99. The Balaban J connectivity index is 1.43. The summed E-state index contributed by atoms with van der Waals surface area (Å²) in [5.74, 6) is -0.0269. The highest BCUT2D eigenvalue weighted by Crippen LogP contribution is 2.47. The molecule has 0 unspecified atom stereocenters. The summed E-state index contributed by atoms with van der Waals surface area (Å²) >= 11 is 0. The van der Waals surface area contributed by atoms with Gasteiger partial charge < -0.3 is 20.3 Å². The van der Waals surface area contributed by atoms with Crippen LogP contribution in [0.25, 0.3) is 11.1 Å². The van der Waals surface area contributed by atoms with E-state index in [2.05, 4.69) is 31.3 Å². The van der Waals surface area contributed by atoms with Crippen molar-refractivity contribution in [3.8, 4) is 5.75 Å². The Morgan fingerprint density at radius 1 is 1.18 bits per heavy atom. The number of allylic oxidation sites excluding steroid dienone is 4. The number of halogens is 1. The quantitative estimate of drug-likeness (QED) is 0.336. The molecule has 5 rings (SSSR count). The normalized spacial score (nSPS) is 21.5. The van der Waals surface area contributed by atoms with Crippen molar-refractivity contribution in [1.29, 1.82) is 0 Å². The van der Waals surface area contributed by atoms with Gasteiger partial charge in [-0.25, -0.2) is 4.39 Å². The van der Waals surface area contributed by atoms with Crippen LogP contribution in [0.1, 0.15) is 80.5 Å². The van der Waals surface area contributed by atoms with Crippen LogP contribution < -0.4 is 10.1 Å². The van der Waals surface area contributed by atoms with Crippen LogP contribution in [0.3, 0.4) is 0 Å². The zero-order valence-electron chi connectivity index (χ0n) is 22.0. The first-order valence-electron chi connectivity index (χ1n) is 13.5. The van der Waals surface area contributed by atoms with Crippen molar-refractivity contribution >= 4 is 17.1 Å². The van der Waals surface area contributed by atoms with Crippen molar-refractivity contribution in [3.05, 3.63) is 88.9 Å². The summed E-state index contributed by atoms with van der Waals surface area (Å²) < 4.78 is 21.1. The SMILES string of the molecule is CC1(C)CCCC=C1c1cc(COc2cccc([C@H](CC(=O)O)C3CC3)c2)ccc1C1=C[C@@H](O)NC=C1F. The van der Waals surface area contributed by atoms with Crippen molar-refractivity contribution < 1.29 is 24.1 Å². The summed E-state index contributed by atoms with van der Waals surface area (Å²) in [5, 5.41) is 22.1. The molecule has 38 heavy (non-hydrogen) atoms. The van der Waals surface area contributed by atoms with Crippen LogP contribution in [0.5, 0.6) is 5.75 Å². The second-order valence-electron chi connectivity index (χ2n) is 11.4. The summed E-state index contributed by atoms with van der Waals surface area (Å²) in [4.78, 5) is 11.4. The number of aliphatic carboxylic acids is 1. The average molecular weight is 518 g/mol. The Kier molecular flexibility index (Phi) is 7.44. The van der Waals surface area contributed by atoms with E-state index in [0.717, 1.165) is 54.4 Å². The van der Waals surface area contributed by atoms with Crippen molar-refractivity contribution in [1.82, 2.24) is 5.32 Å². The number of dihydropyridines is 1. The topological polar surface area (TPSA) is 78.8 Å². The highest BCUT2D eigenvalue weighted by molar-refractivity contribution is 5.87. The molecule has 5 nitrogen and oxygen atoms in total. The van der Waals surface area contributed by atoms with E-state index in [0.29, 0.717) is 23.8 Å². The Morgan fingerprint density at radius 3 is 2.74 bits per heavy atom. The predicted octanol–water partition coefficient (Wildman–Crippen LogP) is 6.94. The highest BCUT2D eigenvalue weighted by Gasteiger charge is 2.34. The van der Waals surface area contributed by atoms with Gasteiger partial charge in [0.05, 0.1) is 6.42 Å². The summed E-state index contributed by atoms with van der Waals surface area (Å²) in [6, 6.07) is 13.7. The predicted molar refractivity (Wildman–Crippen MR) is 147 cm³/mol. The van der Waals surface area contributed by atoms with E-state index < -0.39 is 18.0 Å². The average Bonchev–Trinajstić information content (AvgIpc) is 3.73. The van der Waals surface area contributed by atoms with Crippen molar-refractivity contribution in [2.45, 2.75) is 71.1 Å². The third kappa shape index (κ3) is 5.86. The summed E-state index contributed by atoms with van der Waals surface area (Å²) in [6.07, 6.45) is 9.47. The van der Waals surface area contributed by atoms with E-state index in [4.69, 9.17) is 4.74 Å². The molecule has 2 atom stereocenters. The highest BCUT2D eigenvalue weighted by atomic mass is 19.1. The smallest absolute Gasteiger partial charge is 0.303 e. The molecule has 2 aliphatic carbocycles. The summed E-state index contributed by atoms with van der Waals surface area (Å²) in [6.45, 7) is 4.78. The molecule has 0 bridgehead atoms. The molecular formula is C32H36FNO4. The zero-order chi connectivity index (χ0) is 26.9. The Labute approximate surface area is 223 Å². The lowest BCUT2D eigenvalue weighted by molar-refractivity contribution is -0.137.